The Morgan fingerprint density at radius 3 is 3.00 bits per heavy atom. The fourth-order valence-corrected chi connectivity index (χ4v) is 1.16. The molecular formula is C10H14N2O2. The van der Waals surface area contributed by atoms with Crippen molar-refractivity contribution in [2.45, 2.75) is 19.9 Å². The maximum atomic E-state index is 11.4. The molecule has 0 aliphatic heterocycles. The number of ether oxygens (including phenoxy) is 1. The number of hydrogen-bond donors (Lipinski definition) is 1. The number of rotatable bonds is 3. The number of hydrogen-bond acceptors (Lipinski definition) is 4. The van der Waals surface area contributed by atoms with E-state index in [-0.39, 0.29) is 6.04 Å². The lowest BCUT2D eigenvalue weighted by atomic mass is 10.1. The molecule has 14 heavy (non-hydrogen) atoms. The van der Waals surface area contributed by atoms with Gasteiger partial charge in [-0.15, -0.1) is 0 Å². The van der Waals surface area contributed by atoms with Crippen molar-refractivity contribution < 1.29 is 9.53 Å². The van der Waals surface area contributed by atoms with Gasteiger partial charge in [-0.05, 0) is 19.9 Å². The molecule has 2 N–H and O–H groups in total. The minimum absolute atomic E-state index is 0.219. The van der Waals surface area contributed by atoms with E-state index in [2.05, 4.69) is 4.98 Å². The first-order valence-corrected chi connectivity index (χ1v) is 4.54. The molecule has 0 bridgehead atoms. The first-order valence-electron chi connectivity index (χ1n) is 4.54. The molecule has 1 aromatic rings. The van der Waals surface area contributed by atoms with Crippen LogP contribution >= 0.6 is 0 Å². The predicted octanol–water partition coefficient (Wildman–Crippen LogP) is 1.28. The number of carbonyl (C=O) groups excluding carboxylic acids is 1. The predicted molar refractivity (Wildman–Crippen MR) is 52.8 cm³/mol. The summed E-state index contributed by atoms with van der Waals surface area (Å²) in [6.45, 7) is 3.90. The largest absolute Gasteiger partial charge is 0.461 e. The summed E-state index contributed by atoms with van der Waals surface area (Å²) >= 11 is 0. The zero-order valence-electron chi connectivity index (χ0n) is 8.36. The van der Waals surface area contributed by atoms with Crippen molar-refractivity contribution in [3.8, 4) is 0 Å². The molecule has 1 aromatic heterocycles. The van der Waals surface area contributed by atoms with Crippen LogP contribution in [0.1, 0.15) is 35.9 Å². The number of esters is 1. The summed E-state index contributed by atoms with van der Waals surface area (Å²) in [6.07, 6.45) is 1.55. The third-order valence-electron chi connectivity index (χ3n) is 1.80. The highest BCUT2D eigenvalue weighted by Crippen LogP contribution is 2.13. The first kappa shape index (κ1) is 10.7. The monoisotopic (exact) mass is 194 g/mol. The Kier molecular flexibility index (Phi) is 3.59. The Bertz CT molecular complexity index is 324. The number of aromatic nitrogens is 1. The second kappa shape index (κ2) is 4.72. The Morgan fingerprint density at radius 2 is 2.43 bits per heavy atom. The van der Waals surface area contributed by atoms with Gasteiger partial charge in [0, 0.05) is 17.8 Å². The molecule has 76 valence electrons. The van der Waals surface area contributed by atoms with Crippen molar-refractivity contribution in [1.82, 2.24) is 4.98 Å². The molecule has 1 rings (SSSR count). The van der Waals surface area contributed by atoms with Gasteiger partial charge in [-0.3, -0.25) is 0 Å². The van der Waals surface area contributed by atoms with Crippen LogP contribution in [0.4, 0.5) is 0 Å². The van der Waals surface area contributed by atoms with E-state index in [1.54, 1.807) is 32.2 Å². The van der Waals surface area contributed by atoms with E-state index in [0.717, 1.165) is 0 Å². The van der Waals surface area contributed by atoms with Crippen LogP contribution in [0.15, 0.2) is 18.3 Å². The lowest BCUT2D eigenvalue weighted by Gasteiger charge is -2.09. The lowest BCUT2D eigenvalue weighted by Crippen LogP contribution is -2.15. The maximum absolute atomic E-state index is 11.4. The molecule has 1 atom stereocenters. The lowest BCUT2D eigenvalue weighted by molar-refractivity contribution is 0.0517. The maximum Gasteiger partial charge on any atom is 0.357 e. The zero-order chi connectivity index (χ0) is 10.6. The van der Waals surface area contributed by atoms with Crippen molar-refractivity contribution in [2.24, 2.45) is 5.73 Å². The van der Waals surface area contributed by atoms with Crippen molar-refractivity contribution in [1.29, 1.82) is 0 Å². The van der Waals surface area contributed by atoms with Crippen LogP contribution in [0.3, 0.4) is 0 Å². The minimum Gasteiger partial charge on any atom is -0.461 e. The highest BCUT2D eigenvalue weighted by molar-refractivity contribution is 5.89. The standard InChI is InChI=1S/C10H14N2O2/c1-3-14-10(13)9-8(7(2)11)5-4-6-12-9/h4-7H,3,11H2,1-2H3. The van der Waals surface area contributed by atoms with Gasteiger partial charge < -0.3 is 10.5 Å². The highest BCUT2D eigenvalue weighted by Gasteiger charge is 2.15. The van der Waals surface area contributed by atoms with E-state index in [0.29, 0.717) is 17.9 Å². The molecular weight excluding hydrogens is 180 g/mol. The van der Waals surface area contributed by atoms with E-state index >= 15 is 0 Å². The normalized spacial score (nSPS) is 12.2. The van der Waals surface area contributed by atoms with Crippen LogP contribution in [0, 0.1) is 0 Å². The van der Waals surface area contributed by atoms with E-state index in [1.165, 1.54) is 0 Å². The van der Waals surface area contributed by atoms with Gasteiger partial charge in [0.1, 0.15) is 0 Å². The van der Waals surface area contributed by atoms with Crippen molar-refractivity contribution in [3.05, 3.63) is 29.6 Å². The third-order valence-corrected chi connectivity index (χ3v) is 1.80. The van der Waals surface area contributed by atoms with Crippen molar-refractivity contribution in [3.63, 3.8) is 0 Å². The van der Waals surface area contributed by atoms with E-state index < -0.39 is 5.97 Å². The van der Waals surface area contributed by atoms with Gasteiger partial charge >= 0.3 is 5.97 Å². The minimum atomic E-state index is -0.416. The van der Waals surface area contributed by atoms with Crippen molar-refractivity contribution >= 4 is 5.97 Å². The van der Waals surface area contributed by atoms with Crippen LogP contribution in [0.5, 0.6) is 0 Å². The molecule has 1 unspecified atom stereocenters. The van der Waals surface area contributed by atoms with Gasteiger partial charge in [0.15, 0.2) is 5.69 Å². The molecule has 4 heteroatoms. The average Bonchev–Trinajstić information content (AvgIpc) is 2.18. The molecule has 0 spiro atoms. The quantitative estimate of drug-likeness (QED) is 0.736. The molecule has 4 nitrogen and oxygen atoms in total. The summed E-state index contributed by atoms with van der Waals surface area (Å²) < 4.78 is 4.86. The van der Waals surface area contributed by atoms with Gasteiger partial charge in [-0.25, -0.2) is 9.78 Å². The third kappa shape index (κ3) is 2.29. The van der Waals surface area contributed by atoms with Gasteiger partial charge in [-0.1, -0.05) is 6.07 Å². The molecule has 0 fully saturated rings. The average molecular weight is 194 g/mol. The fraction of sp³-hybridized carbons (Fsp3) is 0.400. The van der Waals surface area contributed by atoms with Crippen LogP contribution < -0.4 is 5.73 Å². The van der Waals surface area contributed by atoms with Gasteiger partial charge in [0.25, 0.3) is 0 Å². The van der Waals surface area contributed by atoms with E-state index in [9.17, 15) is 4.79 Å². The molecule has 0 saturated carbocycles. The number of pyridine rings is 1. The second-order valence-electron chi connectivity index (χ2n) is 2.95. The summed E-state index contributed by atoms with van der Waals surface area (Å²) in [5, 5.41) is 0. The Hall–Kier alpha value is -1.42. The molecule has 0 amide bonds. The summed E-state index contributed by atoms with van der Waals surface area (Å²) in [4.78, 5) is 15.4. The van der Waals surface area contributed by atoms with Crippen LogP contribution in [0.2, 0.25) is 0 Å². The Balaban J connectivity index is 3.00. The van der Waals surface area contributed by atoms with Crippen molar-refractivity contribution in [2.75, 3.05) is 6.61 Å². The van der Waals surface area contributed by atoms with Crippen LogP contribution in [-0.2, 0) is 4.74 Å². The smallest absolute Gasteiger partial charge is 0.357 e. The van der Waals surface area contributed by atoms with Gasteiger partial charge in [0.05, 0.1) is 6.61 Å². The number of nitrogens with two attached hydrogens (primary N) is 1. The molecule has 0 aromatic carbocycles. The van der Waals surface area contributed by atoms with Gasteiger partial charge in [0.2, 0.25) is 0 Å². The summed E-state index contributed by atoms with van der Waals surface area (Å²) in [6, 6.07) is 3.31. The molecule has 0 saturated heterocycles. The number of nitrogens with zero attached hydrogens (tertiary/aromatic N) is 1. The van der Waals surface area contributed by atoms with E-state index in [4.69, 9.17) is 10.5 Å². The summed E-state index contributed by atoms with van der Waals surface area (Å²) in [5.74, 6) is -0.416. The summed E-state index contributed by atoms with van der Waals surface area (Å²) in [5.41, 5.74) is 6.72. The molecule has 0 aliphatic rings. The molecule has 1 heterocycles. The summed E-state index contributed by atoms with van der Waals surface area (Å²) in [7, 11) is 0. The van der Waals surface area contributed by atoms with Crippen LogP contribution in [0.25, 0.3) is 0 Å². The fourth-order valence-electron chi connectivity index (χ4n) is 1.16. The molecule has 0 radical (unpaired) electrons. The highest BCUT2D eigenvalue weighted by atomic mass is 16.5. The Labute approximate surface area is 83.1 Å². The van der Waals surface area contributed by atoms with E-state index in [1.807, 2.05) is 0 Å². The Morgan fingerprint density at radius 1 is 1.71 bits per heavy atom. The topological polar surface area (TPSA) is 65.2 Å². The van der Waals surface area contributed by atoms with Crippen LogP contribution in [-0.4, -0.2) is 17.6 Å². The zero-order valence-corrected chi connectivity index (χ0v) is 8.36. The second-order valence-corrected chi connectivity index (χ2v) is 2.95. The SMILES string of the molecule is CCOC(=O)c1ncccc1C(C)N. The first-order chi connectivity index (χ1) is 6.66. The molecule has 0 aliphatic carbocycles. The number of carbonyl (C=O) groups is 1. The van der Waals surface area contributed by atoms with Gasteiger partial charge in [-0.2, -0.15) is 0 Å².